The molecule has 0 atom stereocenters. The lowest BCUT2D eigenvalue weighted by Crippen LogP contribution is -1.90. The van der Waals surface area contributed by atoms with Crippen molar-refractivity contribution in [2.75, 3.05) is 12.4 Å². The molecule has 0 saturated heterocycles. The van der Waals surface area contributed by atoms with Crippen LogP contribution in [0.15, 0.2) is 53.1 Å². The number of fused-ring (bicyclic) bond motifs is 1. The van der Waals surface area contributed by atoms with E-state index in [0.717, 1.165) is 38.0 Å². The predicted molar refractivity (Wildman–Crippen MR) is 106 cm³/mol. The summed E-state index contributed by atoms with van der Waals surface area (Å²) in [5.74, 6) is 1.56. The van der Waals surface area contributed by atoms with Gasteiger partial charge in [-0.1, -0.05) is 35.2 Å². The number of benzene rings is 1. The number of hydrogen-bond donors (Lipinski definition) is 1. The SMILES string of the molecule is COc1cccc(Nc2nnc(SCc3cn4cc(C)ccc4n3)s2)c1. The summed E-state index contributed by atoms with van der Waals surface area (Å²) < 4.78 is 8.19. The van der Waals surface area contributed by atoms with Gasteiger partial charge in [-0.25, -0.2) is 4.98 Å². The summed E-state index contributed by atoms with van der Waals surface area (Å²) in [6.45, 7) is 2.08. The Hall–Kier alpha value is -2.58. The minimum atomic E-state index is 0.756. The molecule has 8 heteroatoms. The Balaban J connectivity index is 1.41. The van der Waals surface area contributed by atoms with Crippen LogP contribution in [0.25, 0.3) is 5.65 Å². The first kappa shape index (κ1) is 16.9. The quantitative estimate of drug-likeness (QED) is 0.493. The number of nitrogens with zero attached hydrogens (tertiary/aromatic N) is 4. The van der Waals surface area contributed by atoms with E-state index in [2.05, 4.69) is 50.3 Å². The van der Waals surface area contributed by atoms with Gasteiger partial charge in [-0.15, -0.1) is 10.2 Å². The third-order valence-corrected chi connectivity index (χ3v) is 5.73. The van der Waals surface area contributed by atoms with E-state index in [1.54, 1.807) is 18.9 Å². The Kier molecular flexibility index (Phi) is 4.77. The molecule has 4 aromatic rings. The van der Waals surface area contributed by atoms with Crippen molar-refractivity contribution in [2.45, 2.75) is 17.0 Å². The molecule has 0 amide bonds. The number of thioether (sulfide) groups is 1. The molecule has 0 bridgehead atoms. The lowest BCUT2D eigenvalue weighted by molar-refractivity contribution is 0.415. The Morgan fingerprint density at radius 1 is 1.19 bits per heavy atom. The van der Waals surface area contributed by atoms with Crippen molar-refractivity contribution in [3.8, 4) is 5.75 Å². The molecule has 0 aliphatic carbocycles. The molecular weight excluding hydrogens is 366 g/mol. The highest BCUT2D eigenvalue weighted by Gasteiger charge is 2.08. The number of ether oxygens (including phenoxy) is 1. The topological polar surface area (TPSA) is 64.3 Å². The molecule has 0 unspecified atom stereocenters. The second-order valence-electron chi connectivity index (χ2n) is 5.72. The van der Waals surface area contributed by atoms with Gasteiger partial charge in [0.1, 0.15) is 11.4 Å². The number of aromatic nitrogens is 4. The van der Waals surface area contributed by atoms with Gasteiger partial charge in [0, 0.05) is 29.9 Å². The average Bonchev–Trinajstić information content (AvgIpc) is 3.26. The highest BCUT2D eigenvalue weighted by atomic mass is 32.2. The summed E-state index contributed by atoms with van der Waals surface area (Å²) in [5, 5.41) is 12.5. The van der Waals surface area contributed by atoms with E-state index in [9.17, 15) is 0 Å². The van der Waals surface area contributed by atoms with Gasteiger partial charge >= 0.3 is 0 Å². The normalized spacial score (nSPS) is 11.0. The summed E-state index contributed by atoms with van der Waals surface area (Å²) in [4.78, 5) is 4.63. The standard InChI is InChI=1S/C18H17N5OS2/c1-12-6-7-16-19-14(10-23(16)9-12)11-25-18-22-21-17(26-18)20-13-4-3-5-15(8-13)24-2/h3-10H,11H2,1-2H3,(H,20,21). The third kappa shape index (κ3) is 3.81. The zero-order valence-corrected chi connectivity index (χ0v) is 16.0. The summed E-state index contributed by atoms with van der Waals surface area (Å²) >= 11 is 3.16. The Morgan fingerprint density at radius 3 is 3.00 bits per heavy atom. The van der Waals surface area contributed by atoms with Gasteiger partial charge in [0.2, 0.25) is 5.13 Å². The van der Waals surface area contributed by atoms with Gasteiger partial charge in [0.05, 0.1) is 12.8 Å². The van der Waals surface area contributed by atoms with Crippen LogP contribution in [0.3, 0.4) is 0 Å². The van der Waals surface area contributed by atoms with E-state index < -0.39 is 0 Å². The van der Waals surface area contributed by atoms with Gasteiger partial charge in [-0.05, 0) is 30.7 Å². The average molecular weight is 384 g/mol. The lowest BCUT2D eigenvalue weighted by Gasteiger charge is -2.04. The van der Waals surface area contributed by atoms with Crippen LogP contribution in [0, 0.1) is 6.92 Å². The van der Waals surface area contributed by atoms with Gasteiger partial charge in [0.15, 0.2) is 4.34 Å². The van der Waals surface area contributed by atoms with Crippen molar-refractivity contribution in [3.63, 3.8) is 0 Å². The third-order valence-electron chi connectivity index (χ3n) is 3.72. The van der Waals surface area contributed by atoms with Crippen molar-refractivity contribution < 1.29 is 4.74 Å². The van der Waals surface area contributed by atoms with E-state index in [0.29, 0.717) is 0 Å². The fraction of sp³-hybridized carbons (Fsp3) is 0.167. The number of anilines is 2. The highest BCUT2D eigenvalue weighted by molar-refractivity contribution is 8.00. The van der Waals surface area contributed by atoms with Crippen molar-refractivity contribution in [1.82, 2.24) is 19.6 Å². The summed E-state index contributed by atoms with van der Waals surface area (Å²) in [6.07, 6.45) is 4.14. The monoisotopic (exact) mass is 383 g/mol. The molecule has 0 saturated carbocycles. The smallest absolute Gasteiger partial charge is 0.210 e. The molecule has 0 fully saturated rings. The van der Waals surface area contributed by atoms with E-state index in [1.165, 1.54) is 16.9 Å². The molecule has 6 nitrogen and oxygen atoms in total. The number of methoxy groups -OCH3 is 1. The number of pyridine rings is 1. The van der Waals surface area contributed by atoms with Gasteiger partial charge < -0.3 is 14.5 Å². The number of hydrogen-bond acceptors (Lipinski definition) is 7. The summed E-state index contributed by atoms with van der Waals surface area (Å²) in [7, 11) is 1.65. The summed E-state index contributed by atoms with van der Waals surface area (Å²) in [6, 6.07) is 11.8. The molecule has 3 heterocycles. The first-order valence-corrected chi connectivity index (χ1v) is 9.81. The second kappa shape index (κ2) is 7.35. The van der Waals surface area contributed by atoms with Crippen molar-refractivity contribution in [1.29, 1.82) is 0 Å². The van der Waals surface area contributed by atoms with Crippen LogP contribution in [0.5, 0.6) is 5.75 Å². The van der Waals surface area contributed by atoms with E-state index in [1.807, 2.05) is 30.3 Å². The Bertz CT molecular complexity index is 1040. The van der Waals surface area contributed by atoms with E-state index in [-0.39, 0.29) is 0 Å². The largest absolute Gasteiger partial charge is 0.497 e. The molecule has 26 heavy (non-hydrogen) atoms. The minimum absolute atomic E-state index is 0.756. The lowest BCUT2D eigenvalue weighted by atomic mass is 10.3. The maximum absolute atomic E-state index is 5.23. The molecule has 4 rings (SSSR count). The van der Waals surface area contributed by atoms with Crippen LogP contribution in [-0.2, 0) is 5.75 Å². The number of nitrogens with one attached hydrogen (secondary N) is 1. The maximum Gasteiger partial charge on any atom is 0.210 e. The Labute approximate surface area is 159 Å². The van der Waals surface area contributed by atoms with Crippen LogP contribution in [0.1, 0.15) is 11.3 Å². The first-order valence-electron chi connectivity index (χ1n) is 8.01. The predicted octanol–water partition coefficient (Wildman–Crippen LogP) is 4.54. The first-order chi connectivity index (χ1) is 12.7. The van der Waals surface area contributed by atoms with Gasteiger partial charge in [-0.3, -0.25) is 0 Å². The van der Waals surface area contributed by atoms with Crippen LogP contribution in [-0.4, -0.2) is 26.7 Å². The van der Waals surface area contributed by atoms with Gasteiger partial charge in [-0.2, -0.15) is 0 Å². The van der Waals surface area contributed by atoms with E-state index >= 15 is 0 Å². The molecule has 1 N–H and O–H groups in total. The Morgan fingerprint density at radius 2 is 2.12 bits per heavy atom. The van der Waals surface area contributed by atoms with Crippen molar-refractivity contribution in [3.05, 3.63) is 60.0 Å². The molecular formula is C18H17N5OS2. The zero-order valence-electron chi connectivity index (χ0n) is 14.3. The van der Waals surface area contributed by atoms with Gasteiger partial charge in [0.25, 0.3) is 0 Å². The van der Waals surface area contributed by atoms with Crippen LogP contribution >= 0.6 is 23.1 Å². The molecule has 1 aromatic carbocycles. The molecule has 0 aliphatic rings. The molecule has 0 aliphatic heterocycles. The molecule has 0 radical (unpaired) electrons. The second-order valence-corrected chi connectivity index (χ2v) is 7.92. The molecule has 132 valence electrons. The fourth-order valence-electron chi connectivity index (χ4n) is 2.50. The zero-order chi connectivity index (χ0) is 17.9. The fourth-order valence-corrected chi connectivity index (χ4v) is 4.16. The van der Waals surface area contributed by atoms with Crippen LogP contribution in [0.2, 0.25) is 0 Å². The molecule has 3 aromatic heterocycles. The van der Waals surface area contributed by atoms with E-state index in [4.69, 9.17) is 4.74 Å². The molecule has 0 spiro atoms. The summed E-state index contributed by atoms with van der Waals surface area (Å²) in [5.41, 5.74) is 4.13. The van der Waals surface area contributed by atoms with Crippen LogP contribution < -0.4 is 10.1 Å². The highest BCUT2D eigenvalue weighted by Crippen LogP contribution is 2.30. The number of rotatable bonds is 6. The van der Waals surface area contributed by atoms with Crippen molar-refractivity contribution in [2.24, 2.45) is 0 Å². The minimum Gasteiger partial charge on any atom is -0.497 e. The maximum atomic E-state index is 5.23. The number of aryl methyl sites for hydroxylation is 1. The van der Waals surface area contributed by atoms with Crippen molar-refractivity contribution >= 4 is 39.6 Å². The number of imidazole rings is 1. The van der Waals surface area contributed by atoms with Crippen LogP contribution in [0.4, 0.5) is 10.8 Å².